The third-order valence-corrected chi connectivity index (χ3v) is 6.59. The number of halogens is 3. The van der Waals surface area contributed by atoms with Gasteiger partial charge in [-0.3, -0.25) is 19.9 Å². The van der Waals surface area contributed by atoms with E-state index in [9.17, 15) is 28.3 Å². The van der Waals surface area contributed by atoms with E-state index in [1.807, 2.05) is 15.3 Å². The zero-order valence-corrected chi connectivity index (χ0v) is 21.5. The predicted octanol–water partition coefficient (Wildman–Crippen LogP) is 2.10. The predicted molar refractivity (Wildman–Crippen MR) is 141 cm³/mol. The molecule has 2 aromatic carbocycles. The van der Waals surface area contributed by atoms with Gasteiger partial charge in [0.05, 0.1) is 43.8 Å². The number of hydroxylamine groups is 3. The highest BCUT2D eigenvalue weighted by Gasteiger charge is 2.21. The van der Waals surface area contributed by atoms with Crippen molar-refractivity contribution in [2.45, 2.75) is 19.1 Å². The molecule has 0 saturated carbocycles. The first-order valence-electron chi connectivity index (χ1n) is 12.8. The fourth-order valence-corrected chi connectivity index (χ4v) is 4.47. The molecule has 1 atom stereocenters. The molecule has 13 heteroatoms. The summed E-state index contributed by atoms with van der Waals surface area (Å²) in [5.74, 6) is -2.09. The largest absolute Gasteiger partial charge is 0.389 e. The van der Waals surface area contributed by atoms with Gasteiger partial charge in [0.25, 0.3) is 5.91 Å². The van der Waals surface area contributed by atoms with Crippen LogP contribution < -0.4 is 20.2 Å². The number of aliphatic hydroxyl groups is 1. The highest BCUT2D eigenvalue weighted by atomic mass is 19.3. The monoisotopic (exact) mass is 555 g/mol. The number of hydrogen-bond donors (Lipinski definition) is 3. The molecule has 0 radical (unpaired) electrons. The number of ether oxygens (including phenoxy) is 1. The number of hydrogen-bond acceptors (Lipinski definition) is 9. The Kier molecular flexibility index (Phi) is 10.2. The summed E-state index contributed by atoms with van der Waals surface area (Å²) < 4.78 is 44.9. The van der Waals surface area contributed by atoms with Gasteiger partial charge < -0.3 is 25.0 Å². The average Bonchev–Trinajstić information content (AvgIpc) is 3.17. The molecule has 4 rings (SSSR count). The smallest absolute Gasteiger partial charge is 0.315 e. The standard InChI is InChI=1S/C26H34F3N5O5.H2/c27-23-15-21(34(37)18-22(35)16-30-26(36)25(28)29)5-6-24(23)32-7-8-33(39-14-11-32)17-19-1-3-20(4-2-19)31-9-12-38-13-10-31;/h1-6,15,22,25,35,37H,7-14,16-18H2,(H,30,36);1H/t22-;/m0./s1. The lowest BCUT2D eigenvalue weighted by Gasteiger charge is -2.29. The molecule has 2 saturated heterocycles. The van der Waals surface area contributed by atoms with Crippen LogP contribution in [0.3, 0.4) is 0 Å². The van der Waals surface area contributed by atoms with Crippen molar-refractivity contribution in [1.82, 2.24) is 10.4 Å². The van der Waals surface area contributed by atoms with E-state index in [4.69, 9.17) is 9.57 Å². The van der Waals surface area contributed by atoms with E-state index in [0.717, 1.165) is 37.9 Å². The number of nitrogens with zero attached hydrogens (tertiary/aromatic N) is 4. The van der Waals surface area contributed by atoms with Gasteiger partial charge in [-0.15, -0.1) is 0 Å². The van der Waals surface area contributed by atoms with Crippen LogP contribution in [0.5, 0.6) is 0 Å². The second kappa shape index (κ2) is 13.8. The maximum atomic E-state index is 15.0. The molecule has 1 amide bonds. The van der Waals surface area contributed by atoms with Gasteiger partial charge in [-0.2, -0.15) is 13.8 Å². The molecule has 39 heavy (non-hydrogen) atoms. The first kappa shape index (κ1) is 28.9. The molecular weight excluding hydrogens is 519 g/mol. The van der Waals surface area contributed by atoms with Crippen molar-refractivity contribution < 1.29 is 39.3 Å². The van der Waals surface area contributed by atoms with Gasteiger partial charge >= 0.3 is 6.43 Å². The number of aliphatic hydroxyl groups excluding tert-OH is 1. The number of amides is 1. The maximum absolute atomic E-state index is 15.0. The van der Waals surface area contributed by atoms with Crippen molar-refractivity contribution in [2.75, 3.05) is 80.5 Å². The SMILES string of the molecule is O=C(NC[C@H](O)CN(O)c1ccc(N2CCON(Cc3ccc(N4CCOCC4)cc3)CC2)c(F)c1)C(F)F.[HH]. The van der Waals surface area contributed by atoms with E-state index in [-0.39, 0.29) is 7.11 Å². The molecule has 2 aliphatic heterocycles. The van der Waals surface area contributed by atoms with Crippen molar-refractivity contribution in [1.29, 1.82) is 0 Å². The van der Waals surface area contributed by atoms with Crippen molar-refractivity contribution >= 4 is 23.0 Å². The lowest BCUT2D eigenvalue weighted by atomic mass is 10.2. The van der Waals surface area contributed by atoms with Gasteiger partial charge in [-0.05, 0) is 29.8 Å². The molecular formula is C26H36F3N5O5. The fourth-order valence-electron chi connectivity index (χ4n) is 4.47. The minimum atomic E-state index is -3.20. The fraction of sp³-hybridized carbons (Fsp3) is 0.500. The van der Waals surface area contributed by atoms with E-state index in [1.165, 1.54) is 17.8 Å². The van der Waals surface area contributed by atoms with Crippen LogP contribution in [0.25, 0.3) is 0 Å². The summed E-state index contributed by atoms with van der Waals surface area (Å²) >= 11 is 0. The lowest BCUT2D eigenvalue weighted by molar-refractivity contribution is -0.154. The number of nitrogens with one attached hydrogen (secondary N) is 1. The van der Waals surface area contributed by atoms with Crippen LogP contribution >= 0.6 is 0 Å². The quantitative estimate of drug-likeness (QED) is 0.381. The molecule has 3 N–H and O–H groups in total. The summed E-state index contributed by atoms with van der Waals surface area (Å²) in [5, 5.41) is 24.4. The Morgan fingerprint density at radius 2 is 1.74 bits per heavy atom. The molecule has 0 spiro atoms. The second-order valence-electron chi connectivity index (χ2n) is 9.37. The summed E-state index contributed by atoms with van der Waals surface area (Å²) in [6.45, 7) is 4.83. The van der Waals surface area contributed by atoms with E-state index in [2.05, 4.69) is 29.2 Å². The van der Waals surface area contributed by atoms with Crippen LogP contribution in [0.15, 0.2) is 42.5 Å². The van der Waals surface area contributed by atoms with Crippen LogP contribution in [-0.2, 0) is 20.9 Å². The summed E-state index contributed by atoms with van der Waals surface area (Å²) in [6, 6.07) is 12.5. The molecule has 0 bridgehead atoms. The van der Waals surface area contributed by atoms with Crippen molar-refractivity contribution in [2.24, 2.45) is 0 Å². The number of alkyl halides is 2. The first-order chi connectivity index (χ1) is 18.8. The Morgan fingerprint density at radius 1 is 1.03 bits per heavy atom. The van der Waals surface area contributed by atoms with Gasteiger partial charge in [-0.1, -0.05) is 12.1 Å². The average molecular weight is 556 g/mol. The Balaban J connectivity index is 0.00000441. The Bertz CT molecular complexity index is 1080. The molecule has 216 valence electrons. The highest BCUT2D eigenvalue weighted by Crippen LogP contribution is 2.26. The van der Waals surface area contributed by atoms with E-state index < -0.39 is 37.3 Å². The Hall–Kier alpha value is -3.10. The third kappa shape index (κ3) is 8.19. The van der Waals surface area contributed by atoms with E-state index in [0.29, 0.717) is 43.5 Å². The lowest BCUT2D eigenvalue weighted by Crippen LogP contribution is -2.41. The number of anilines is 3. The molecule has 2 heterocycles. The summed E-state index contributed by atoms with van der Waals surface area (Å²) in [5.41, 5.74) is 2.69. The zero-order chi connectivity index (χ0) is 27.8. The van der Waals surface area contributed by atoms with Crippen LogP contribution in [0.4, 0.5) is 30.2 Å². The second-order valence-corrected chi connectivity index (χ2v) is 9.37. The molecule has 2 fully saturated rings. The summed E-state index contributed by atoms with van der Waals surface area (Å²) in [6.07, 6.45) is -4.54. The van der Waals surface area contributed by atoms with E-state index in [1.54, 1.807) is 0 Å². The molecule has 0 aromatic heterocycles. The number of carbonyl (C=O) groups excluding carboxylic acids is 1. The van der Waals surface area contributed by atoms with Crippen molar-refractivity contribution in [3.8, 4) is 0 Å². The number of rotatable bonds is 10. The van der Waals surface area contributed by atoms with Crippen molar-refractivity contribution in [3.63, 3.8) is 0 Å². The molecule has 2 aliphatic rings. The minimum absolute atomic E-state index is 0. The summed E-state index contributed by atoms with van der Waals surface area (Å²) in [7, 11) is 0. The molecule has 0 unspecified atom stereocenters. The van der Waals surface area contributed by atoms with Crippen LogP contribution in [0.2, 0.25) is 0 Å². The van der Waals surface area contributed by atoms with Gasteiger partial charge in [0, 0.05) is 59.0 Å². The highest BCUT2D eigenvalue weighted by molar-refractivity contribution is 5.79. The molecule has 0 aliphatic carbocycles. The van der Waals surface area contributed by atoms with Crippen LogP contribution in [-0.4, -0.2) is 99.4 Å². The van der Waals surface area contributed by atoms with Gasteiger partial charge in [0.2, 0.25) is 0 Å². The number of morpholine rings is 1. The normalized spacial score (nSPS) is 17.7. The summed E-state index contributed by atoms with van der Waals surface area (Å²) in [4.78, 5) is 21.0. The Morgan fingerprint density at radius 3 is 2.44 bits per heavy atom. The van der Waals surface area contributed by atoms with Gasteiger partial charge in [-0.25, -0.2) is 4.39 Å². The first-order valence-corrected chi connectivity index (χ1v) is 12.8. The number of carbonyl (C=O) groups is 1. The van der Waals surface area contributed by atoms with Gasteiger partial charge in [0.1, 0.15) is 5.82 Å². The zero-order valence-electron chi connectivity index (χ0n) is 21.5. The molecule has 10 nitrogen and oxygen atoms in total. The van der Waals surface area contributed by atoms with Crippen LogP contribution in [0, 0.1) is 5.82 Å². The third-order valence-electron chi connectivity index (χ3n) is 6.59. The van der Waals surface area contributed by atoms with Crippen molar-refractivity contribution in [3.05, 3.63) is 53.8 Å². The van der Waals surface area contributed by atoms with E-state index >= 15 is 0 Å². The maximum Gasteiger partial charge on any atom is 0.315 e. The molecule has 2 aromatic rings. The van der Waals surface area contributed by atoms with Crippen LogP contribution in [0.1, 0.15) is 6.99 Å². The number of benzene rings is 2. The minimum Gasteiger partial charge on any atom is -0.389 e. The van der Waals surface area contributed by atoms with Gasteiger partial charge in [0.15, 0.2) is 0 Å². The Labute approximate surface area is 226 Å². The topological polar surface area (TPSA) is 101 Å².